The highest BCUT2D eigenvalue weighted by Crippen LogP contribution is 2.12. The molecule has 0 atom stereocenters. The Morgan fingerprint density at radius 1 is 1.29 bits per heavy atom. The van der Waals surface area contributed by atoms with Crippen molar-refractivity contribution in [1.82, 2.24) is 10.2 Å². The number of rotatable bonds is 2. The monoisotopic (exact) mass is 194 g/mol. The average molecular weight is 194 g/mol. The Bertz CT molecular complexity index is 281. The molecule has 3 N–H and O–H groups in total. The molecule has 1 aromatic heterocycles. The lowest BCUT2D eigenvalue weighted by Gasteiger charge is -2.23. The maximum Gasteiger partial charge on any atom is 0.149 e. The van der Waals surface area contributed by atoms with E-state index >= 15 is 0 Å². The van der Waals surface area contributed by atoms with E-state index in [0.29, 0.717) is 11.9 Å². The molecular formula is C9H14N4O. The van der Waals surface area contributed by atoms with E-state index in [-0.39, 0.29) is 0 Å². The van der Waals surface area contributed by atoms with E-state index < -0.39 is 0 Å². The molecule has 0 saturated carbocycles. The molecule has 2 rings (SSSR count). The second-order valence-corrected chi connectivity index (χ2v) is 3.37. The van der Waals surface area contributed by atoms with Gasteiger partial charge in [-0.3, -0.25) is 0 Å². The quantitative estimate of drug-likeness (QED) is 0.723. The van der Waals surface area contributed by atoms with Crippen molar-refractivity contribution >= 4 is 11.6 Å². The maximum atomic E-state index is 5.44. The zero-order chi connectivity index (χ0) is 9.80. The fourth-order valence-electron chi connectivity index (χ4n) is 1.47. The van der Waals surface area contributed by atoms with Crippen LogP contribution in [0.4, 0.5) is 11.6 Å². The van der Waals surface area contributed by atoms with E-state index in [4.69, 9.17) is 10.5 Å². The van der Waals surface area contributed by atoms with Crippen molar-refractivity contribution in [3.8, 4) is 0 Å². The van der Waals surface area contributed by atoms with Gasteiger partial charge in [0.15, 0.2) is 0 Å². The van der Waals surface area contributed by atoms with Gasteiger partial charge >= 0.3 is 0 Å². The van der Waals surface area contributed by atoms with Crippen molar-refractivity contribution in [3.63, 3.8) is 0 Å². The molecule has 76 valence electrons. The van der Waals surface area contributed by atoms with Gasteiger partial charge in [-0.25, -0.2) is 0 Å². The molecule has 0 spiro atoms. The van der Waals surface area contributed by atoms with Gasteiger partial charge in [0.2, 0.25) is 0 Å². The summed E-state index contributed by atoms with van der Waals surface area (Å²) in [5, 5.41) is 11.0. The first-order valence-corrected chi connectivity index (χ1v) is 4.78. The summed E-state index contributed by atoms with van der Waals surface area (Å²) in [4.78, 5) is 0. The summed E-state index contributed by atoms with van der Waals surface area (Å²) >= 11 is 0. The van der Waals surface area contributed by atoms with E-state index in [9.17, 15) is 0 Å². The predicted molar refractivity (Wildman–Crippen MR) is 53.9 cm³/mol. The van der Waals surface area contributed by atoms with Gasteiger partial charge in [-0.05, 0) is 25.0 Å². The molecule has 5 nitrogen and oxygen atoms in total. The summed E-state index contributed by atoms with van der Waals surface area (Å²) in [7, 11) is 0. The Labute approximate surface area is 82.7 Å². The maximum absolute atomic E-state index is 5.44. The fraction of sp³-hybridized carbons (Fsp3) is 0.556. The zero-order valence-electron chi connectivity index (χ0n) is 7.94. The second kappa shape index (κ2) is 4.23. The van der Waals surface area contributed by atoms with Gasteiger partial charge in [0.25, 0.3) is 0 Å². The Kier molecular flexibility index (Phi) is 2.78. The number of aromatic nitrogens is 2. The van der Waals surface area contributed by atoms with Crippen LogP contribution < -0.4 is 11.1 Å². The van der Waals surface area contributed by atoms with Crippen LogP contribution in [0.5, 0.6) is 0 Å². The summed E-state index contributed by atoms with van der Waals surface area (Å²) in [6.07, 6.45) is 2.04. The molecule has 0 unspecified atom stereocenters. The molecule has 0 aliphatic carbocycles. The summed E-state index contributed by atoms with van der Waals surface area (Å²) < 4.78 is 5.26. The molecule has 1 saturated heterocycles. The van der Waals surface area contributed by atoms with Gasteiger partial charge in [0.05, 0.1) is 0 Å². The highest BCUT2D eigenvalue weighted by atomic mass is 16.5. The van der Waals surface area contributed by atoms with Gasteiger partial charge in [0, 0.05) is 19.3 Å². The molecule has 1 aliphatic rings. The highest BCUT2D eigenvalue weighted by molar-refractivity contribution is 5.39. The molecule has 0 aromatic carbocycles. The third-order valence-electron chi connectivity index (χ3n) is 2.26. The van der Waals surface area contributed by atoms with Crippen LogP contribution in [0.1, 0.15) is 12.8 Å². The van der Waals surface area contributed by atoms with Crippen LogP contribution in [0.25, 0.3) is 0 Å². The van der Waals surface area contributed by atoms with Crippen LogP contribution in [0, 0.1) is 0 Å². The van der Waals surface area contributed by atoms with E-state index in [1.54, 1.807) is 6.07 Å². The number of nitrogens with zero attached hydrogens (tertiary/aromatic N) is 2. The first-order valence-electron chi connectivity index (χ1n) is 4.78. The topological polar surface area (TPSA) is 73.1 Å². The number of anilines is 2. The molecule has 1 aromatic rings. The van der Waals surface area contributed by atoms with E-state index in [2.05, 4.69) is 15.5 Å². The standard InChI is InChI=1S/C9H14N4O/c10-8-1-2-9(13-12-8)11-7-3-5-14-6-4-7/h1-2,7H,3-6H2,(H2,10,12)(H,11,13). The van der Waals surface area contributed by atoms with Gasteiger partial charge in [0.1, 0.15) is 11.6 Å². The summed E-state index contributed by atoms with van der Waals surface area (Å²) in [5.41, 5.74) is 5.44. The number of nitrogen functional groups attached to an aromatic ring is 1. The molecule has 0 amide bonds. The summed E-state index contributed by atoms with van der Waals surface area (Å²) in [6, 6.07) is 4.04. The summed E-state index contributed by atoms with van der Waals surface area (Å²) in [5.74, 6) is 1.23. The first kappa shape index (κ1) is 9.21. The van der Waals surface area contributed by atoms with Crippen LogP contribution in [-0.4, -0.2) is 29.5 Å². The van der Waals surface area contributed by atoms with Crippen molar-refractivity contribution in [2.45, 2.75) is 18.9 Å². The van der Waals surface area contributed by atoms with Crippen LogP contribution in [0.15, 0.2) is 12.1 Å². The third-order valence-corrected chi connectivity index (χ3v) is 2.26. The van der Waals surface area contributed by atoms with Crippen molar-refractivity contribution in [2.75, 3.05) is 24.3 Å². The molecule has 1 aliphatic heterocycles. The van der Waals surface area contributed by atoms with Gasteiger partial charge in [-0.15, -0.1) is 10.2 Å². The molecule has 0 bridgehead atoms. The van der Waals surface area contributed by atoms with Gasteiger partial charge in [-0.1, -0.05) is 0 Å². The summed E-state index contributed by atoms with van der Waals surface area (Å²) in [6.45, 7) is 1.64. The number of nitrogens with one attached hydrogen (secondary N) is 1. The first-order chi connectivity index (χ1) is 6.84. The number of ether oxygens (including phenoxy) is 1. The van der Waals surface area contributed by atoms with Crippen LogP contribution in [0.2, 0.25) is 0 Å². The molecular weight excluding hydrogens is 180 g/mol. The fourth-order valence-corrected chi connectivity index (χ4v) is 1.47. The van der Waals surface area contributed by atoms with Crippen LogP contribution in [0.3, 0.4) is 0 Å². The van der Waals surface area contributed by atoms with Crippen molar-refractivity contribution < 1.29 is 4.74 Å². The minimum absolute atomic E-state index is 0.446. The minimum atomic E-state index is 0.446. The Balaban J connectivity index is 1.92. The third kappa shape index (κ3) is 2.32. The van der Waals surface area contributed by atoms with Gasteiger partial charge < -0.3 is 15.8 Å². The minimum Gasteiger partial charge on any atom is -0.382 e. The molecule has 2 heterocycles. The molecule has 1 fully saturated rings. The SMILES string of the molecule is Nc1ccc(NC2CCOCC2)nn1. The molecule has 14 heavy (non-hydrogen) atoms. The predicted octanol–water partition coefficient (Wildman–Crippen LogP) is 0.650. The number of nitrogens with two attached hydrogens (primary N) is 1. The van der Waals surface area contributed by atoms with Gasteiger partial charge in [-0.2, -0.15) is 0 Å². The zero-order valence-corrected chi connectivity index (χ0v) is 7.94. The number of hydrogen-bond acceptors (Lipinski definition) is 5. The Morgan fingerprint density at radius 2 is 2.07 bits per heavy atom. The lowest BCUT2D eigenvalue weighted by Crippen LogP contribution is -2.28. The van der Waals surface area contributed by atoms with Crippen molar-refractivity contribution in [1.29, 1.82) is 0 Å². The van der Waals surface area contributed by atoms with E-state index in [1.807, 2.05) is 6.07 Å². The molecule has 5 heteroatoms. The van der Waals surface area contributed by atoms with Crippen molar-refractivity contribution in [3.05, 3.63) is 12.1 Å². The normalized spacial score (nSPS) is 18.0. The lowest BCUT2D eigenvalue weighted by molar-refractivity contribution is 0.0903. The smallest absolute Gasteiger partial charge is 0.149 e. The molecule has 0 radical (unpaired) electrons. The highest BCUT2D eigenvalue weighted by Gasteiger charge is 2.13. The van der Waals surface area contributed by atoms with Crippen LogP contribution >= 0.6 is 0 Å². The van der Waals surface area contributed by atoms with Crippen LogP contribution in [-0.2, 0) is 4.74 Å². The van der Waals surface area contributed by atoms with E-state index in [0.717, 1.165) is 31.9 Å². The van der Waals surface area contributed by atoms with Crippen molar-refractivity contribution in [2.24, 2.45) is 0 Å². The second-order valence-electron chi connectivity index (χ2n) is 3.37. The Morgan fingerprint density at radius 3 is 2.71 bits per heavy atom. The average Bonchev–Trinajstić information content (AvgIpc) is 2.23. The lowest BCUT2D eigenvalue weighted by atomic mass is 10.1. The van der Waals surface area contributed by atoms with E-state index in [1.165, 1.54) is 0 Å². The largest absolute Gasteiger partial charge is 0.382 e. The number of hydrogen-bond donors (Lipinski definition) is 2. The Hall–Kier alpha value is -1.36.